The van der Waals surface area contributed by atoms with Gasteiger partial charge in [-0.2, -0.15) is 0 Å². The van der Waals surface area contributed by atoms with Crippen molar-refractivity contribution in [2.45, 2.75) is 64.6 Å². The summed E-state index contributed by atoms with van der Waals surface area (Å²) in [5.74, 6) is -0.717. The molecular formula is C21H30O3. The molecule has 1 N–H and O–H groups in total. The minimum absolute atomic E-state index is 0.255. The van der Waals surface area contributed by atoms with Gasteiger partial charge in [-0.25, -0.2) is 0 Å². The summed E-state index contributed by atoms with van der Waals surface area (Å²) in [6, 6.07) is 10.3. The van der Waals surface area contributed by atoms with Crippen molar-refractivity contribution < 1.29 is 14.6 Å². The van der Waals surface area contributed by atoms with Gasteiger partial charge in [0.2, 0.25) is 0 Å². The molecular weight excluding hydrogens is 300 g/mol. The number of hydrogen-bond acceptors (Lipinski definition) is 2. The number of benzene rings is 1. The Morgan fingerprint density at radius 1 is 1.08 bits per heavy atom. The molecule has 0 aliphatic heterocycles. The molecule has 0 heterocycles. The first kappa shape index (κ1) is 20.2. The zero-order valence-corrected chi connectivity index (χ0v) is 14.7. The Labute approximate surface area is 146 Å². The lowest BCUT2D eigenvalue weighted by Gasteiger charge is -2.12. The standard InChI is InChI=1S/C21H30O3/c1-19(24-18-20-15-11-9-12-16-20)14-10-7-5-3-2-4-6-8-13-17-21(22)23/h3-6,9,11-12,15-16,19H,2,7-8,10,13-14,17-18H2,1H3,(H,22,23)/b5-3-,6-4-. The van der Waals surface area contributed by atoms with E-state index < -0.39 is 5.97 Å². The lowest BCUT2D eigenvalue weighted by molar-refractivity contribution is -0.137. The number of unbranched alkanes of at least 4 members (excludes halogenated alkanes) is 2. The summed E-state index contributed by atoms with van der Waals surface area (Å²) < 4.78 is 5.85. The van der Waals surface area contributed by atoms with E-state index in [1.807, 2.05) is 18.2 Å². The van der Waals surface area contributed by atoms with E-state index in [9.17, 15) is 4.79 Å². The number of carbonyl (C=O) groups is 1. The van der Waals surface area contributed by atoms with E-state index >= 15 is 0 Å². The Kier molecular flexibility index (Phi) is 11.4. The highest BCUT2D eigenvalue weighted by atomic mass is 16.5. The molecule has 1 atom stereocenters. The topological polar surface area (TPSA) is 46.5 Å². The zero-order valence-electron chi connectivity index (χ0n) is 14.7. The SMILES string of the molecule is CC(CCC/C=C\C/C=C\CCCC(=O)O)OCc1ccccc1. The monoisotopic (exact) mass is 330 g/mol. The summed E-state index contributed by atoms with van der Waals surface area (Å²) in [5.41, 5.74) is 1.22. The summed E-state index contributed by atoms with van der Waals surface area (Å²) in [7, 11) is 0. The Bertz CT molecular complexity index is 491. The van der Waals surface area contributed by atoms with Gasteiger partial charge in [0.1, 0.15) is 0 Å². The van der Waals surface area contributed by atoms with Gasteiger partial charge in [-0.05, 0) is 51.0 Å². The van der Waals surface area contributed by atoms with Crippen molar-refractivity contribution in [1.29, 1.82) is 0 Å². The Balaban J connectivity index is 1.96. The first-order valence-corrected chi connectivity index (χ1v) is 8.86. The van der Waals surface area contributed by atoms with Crippen LogP contribution in [0.1, 0.15) is 57.4 Å². The Morgan fingerprint density at radius 2 is 1.75 bits per heavy atom. The summed E-state index contributed by atoms with van der Waals surface area (Å²) in [6.45, 7) is 2.82. The molecule has 1 aromatic carbocycles. The number of carboxylic acid groups (broad SMARTS) is 1. The van der Waals surface area contributed by atoms with Gasteiger partial charge in [-0.1, -0.05) is 54.6 Å². The highest BCUT2D eigenvalue weighted by Crippen LogP contribution is 2.09. The normalized spacial score (nSPS) is 12.9. The Hall–Kier alpha value is -1.87. The van der Waals surface area contributed by atoms with Crippen LogP contribution in [0.3, 0.4) is 0 Å². The third-order valence-corrected chi connectivity index (χ3v) is 3.73. The summed E-state index contributed by atoms with van der Waals surface area (Å²) >= 11 is 0. The average Bonchev–Trinajstić information content (AvgIpc) is 2.58. The number of aliphatic carboxylic acids is 1. The largest absolute Gasteiger partial charge is 0.481 e. The van der Waals surface area contributed by atoms with Crippen molar-refractivity contribution in [3.05, 3.63) is 60.2 Å². The molecule has 0 aliphatic rings. The highest BCUT2D eigenvalue weighted by molar-refractivity contribution is 5.66. The fourth-order valence-corrected chi connectivity index (χ4v) is 2.30. The smallest absolute Gasteiger partial charge is 0.303 e. The number of carboxylic acids is 1. The van der Waals surface area contributed by atoms with Gasteiger partial charge in [0, 0.05) is 6.42 Å². The van der Waals surface area contributed by atoms with Gasteiger partial charge in [0.05, 0.1) is 12.7 Å². The van der Waals surface area contributed by atoms with Crippen LogP contribution in [0.5, 0.6) is 0 Å². The van der Waals surface area contributed by atoms with E-state index in [-0.39, 0.29) is 12.5 Å². The van der Waals surface area contributed by atoms with Crippen LogP contribution >= 0.6 is 0 Å². The third-order valence-electron chi connectivity index (χ3n) is 3.73. The van der Waals surface area contributed by atoms with Crippen molar-refractivity contribution in [2.24, 2.45) is 0 Å². The Morgan fingerprint density at radius 3 is 2.42 bits per heavy atom. The van der Waals surface area contributed by atoms with Crippen LogP contribution < -0.4 is 0 Å². The molecule has 0 bridgehead atoms. The van der Waals surface area contributed by atoms with E-state index in [1.54, 1.807) is 0 Å². The van der Waals surface area contributed by atoms with Crippen molar-refractivity contribution in [3.8, 4) is 0 Å². The van der Waals surface area contributed by atoms with E-state index in [0.29, 0.717) is 6.61 Å². The van der Waals surface area contributed by atoms with E-state index in [2.05, 4.69) is 43.4 Å². The minimum atomic E-state index is -0.717. The zero-order chi connectivity index (χ0) is 17.5. The predicted molar refractivity (Wildman–Crippen MR) is 98.9 cm³/mol. The first-order valence-electron chi connectivity index (χ1n) is 8.86. The molecule has 1 unspecified atom stereocenters. The second-order valence-electron chi connectivity index (χ2n) is 6.00. The molecule has 0 saturated carbocycles. The third kappa shape index (κ3) is 11.7. The molecule has 0 amide bonds. The second kappa shape index (κ2) is 13.6. The molecule has 24 heavy (non-hydrogen) atoms. The molecule has 0 saturated heterocycles. The predicted octanol–water partition coefficient (Wildman–Crippen LogP) is 5.52. The lowest BCUT2D eigenvalue weighted by atomic mass is 10.1. The summed E-state index contributed by atoms with van der Waals surface area (Å²) in [6.07, 6.45) is 14.9. The van der Waals surface area contributed by atoms with Crippen molar-refractivity contribution in [1.82, 2.24) is 0 Å². The number of ether oxygens (including phenoxy) is 1. The van der Waals surface area contributed by atoms with Gasteiger partial charge < -0.3 is 9.84 Å². The fraction of sp³-hybridized carbons (Fsp3) is 0.476. The van der Waals surface area contributed by atoms with Crippen LogP contribution in [0.15, 0.2) is 54.6 Å². The number of rotatable bonds is 13. The molecule has 132 valence electrons. The maximum Gasteiger partial charge on any atom is 0.303 e. The molecule has 0 spiro atoms. The minimum Gasteiger partial charge on any atom is -0.481 e. The molecule has 3 heteroatoms. The van der Waals surface area contributed by atoms with Crippen LogP contribution in [0.2, 0.25) is 0 Å². The summed E-state index contributed by atoms with van der Waals surface area (Å²) in [5, 5.41) is 8.52. The maximum absolute atomic E-state index is 10.4. The van der Waals surface area contributed by atoms with Gasteiger partial charge in [0.15, 0.2) is 0 Å². The lowest BCUT2D eigenvalue weighted by Crippen LogP contribution is -2.07. The van der Waals surface area contributed by atoms with E-state index in [1.165, 1.54) is 5.56 Å². The quantitative estimate of drug-likeness (QED) is 0.382. The summed E-state index contributed by atoms with van der Waals surface area (Å²) in [4.78, 5) is 10.4. The van der Waals surface area contributed by atoms with E-state index in [0.717, 1.165) is 38.5 Å². The van der Waals surface area contributed by atoms with Gasteiger partial charge in [-0.3, -0.25) is 4.79 Å². The molecule has 0 aliphatic carbocycles. The van der Waals surface area contributed by atoms with Crippen molar-refractivity contribution in [2.75, 3.05) is 0 Å². The highest BCUT2D eigenvalue weighted by Gasteiger charge is 2.01. The van der Waals surface area contributed by atoms with Crippen LogP contribution in [-0.4, -0.2) is 17.2 Å². The fourth-order valence-electron chi connectivity index (χ4n) is 2.30. The molecule has 1 rings (SSSR count). The van der Waals surface area contributed by atoms with Crippen LogP contribution in [0.4, 0.5) is 0 Å². The first-order chi connectivity index (χ1) is 11.7. The van der Waals surface area contributed by atoms with Crippen molar-refractivity contribution in [3.63, 3.8) is 0 Å². The molecule has 0 fully saturated rings. The van der Waals surface area contributed by atoms with Gasteiger partial charge in [-0.15, -0.1) is 0 Å². The van der Waals surface area contributed by atoms with Crippen LogP contribution in [0, 0.1) is 0 Å². The van der Waals surface area contributed by atoms with Crippen LogP contribution in [0.25, 0.3) is 0 Å². The molecule has 3 nitrogen and oxygen atoms in total. The molecule has 0 aromatic heterocycles. The van der Waals surface area contributed by atoms with Crippen LogP contribution in [-0.2, 0) is 16.1 Å². The maximum atomic E-state index is 10.4. The molecule has 0 radical (unpaired) electrons. The van der Waals surface area contributed by atoms with E-state index in [4.69, 9.17) is 9.84 Å². The van der Waals surface area contributed by atoms with Gasteiger partial charge >= 0.3 is 5.97 Å². The van der Waals surface area contributed by atoms with Gasteiger partial charge in [0.25, 0.3) is 0 Å². The second-order valence-corrected chi connectivity index (χ2v) is 6.00. The molecule has 1 aromatic rings. The van der Waals surface area contributed by atoms with Crippen molar-refractivity contribution >= 4 is 5.97 Å². The average molecular weight is 330 g/mol. The number of allylic oxidation sites excluding steroid dienone is 4. The number of hydrogen-bond donors (Lipinski definition) is 1.